The van der Waals surface area contributed by atoms with Crippen LogP contribution in [0.5, 0.6) is 0 Å². The first-order valence-electron chi connectivity index (χ1n) is 7.10. The smallest absolute Gasteiger partial charge is 0.296 e. The summed E-state index contributed by atoms with van der Waals surface area (Å²) in [6.07, 6.45) is 3.59. The largest absolute Gasteiger partial charge is 0.350 e. The average molecular weight is 370 g/mol. The lowest BCUT2D eigenvalue weighted by Gasteiger charge is -1.97. The Balaban J connectivity index is 1.57. The second kappa shape index (κ2) is 6.57. The molecular formula is C15H10N6O2S2. The Labute approximate surface area is 149 Å². The highest BCUT2D eigenvalue weighted by Gasteiger charge is 2.17. The first-order chi connectivity index (χ1) is 12.2. The van der Waals surface area contributed by atoms with E-state index < -0.39 is 5.91 Å². The minimum absolute atomic E-state index is 0.0488. The molecule has 4 aromatic rings. The maximum absolute atomic E-state index is 12.2. The van der Waals surface area contributed by atoms with E-state index in [9.17, 15) is 4.79 Å². The van der Waals surface area contributed by atoms with Crippen molar-refractivity contribution in [1.29, 1.82) is 0 Å². The number of anilines is 1. The zero-order chi connectivity index (χ0) is 17.2. The van der Waals surface area contributed by atoms with Crippen LogP contribution in [0.2, 0.25) is 0 Å². The molecule has 0 saturated carbocycles. The molecule has 1 amide bonds. The number of aromatic nitrogens is 5. The predicted octanol–water partition coefficient (Wildman–Crippen LogP) is 3.11. The van der Waals surface area contributed by atoms with Gasteiger partial charge in [-0.2, -0.15) is 0 Å². The predicted molar refractivity (Wildman–Crippen MR) is 94.7 cm³/mol. The van der Waals surface area contributed by atoms with Gasteiger partial charge in [-0.15, -0.1) is 10.2 Å². The SMILES string of the molecule is CSc1nnc(NC(=O)c2cc(-c3ncc4ccccc4n3)no2)s1. The molecule has 0 saturated heterocycles. The molecule has 0 radical (unpaired) electrons. The number of amides is 1. The van der Waals surface area contributed by atoms with E-state index in [1.165, 1.54) is 29.2 Å². The minimum Gasteiger partial charge on any atom is -0.350 e. The third kappa shape index (κ3) is 3.21. The molecule has 0 fully saturated rings. The molecule has 3 heterocycles. The summed E-state index contributed by atoms with van der Waals surface area (Å²) in [5.41, 5.74) is 1.18. The van der Waals surface area contributed by atoms with Crippen LogP contribution in [-0.2, 0) is 0 Å². The van der Waals surface area contributed by atoms with E-state index in [1.807, 2.05) is 30.5 Å². The number of benzene rings is 1. The maximum atomic E-state index is 12.2. The zero-order valence-corrected chi connectivity index (χ0v) is 14.5. The van der Waals surface area contributed by atoms with Crippen molar-refractivity contribution >= 4 is 45.0 Å². The first kappa shape index (κ1) is 15.7. The molecule has 3 aromatic heterocycles. The molecular weight excluding hydrogens is 360 g/mol. The summed E-state index contributed by atoms with van der Waals surface area (Å²) in [7, 11) is 0. The molecule has 0 aliphatic rings. The van der Waals surface area contributed by atoms with Gasteiger partial charge >= 0.3 is 0 Å². The number of nitrogens with one attached hydrogen (secondary N) is 1. The second-order valence-corrected chi connectivity index (χ2v) is 6.89. The van der Waals surface area contributed by atoms with Gasteiger partial charge < -0.3 is 4.52 Å². The van der Waals surface area contributed by atoms with Gasteiger partial charge in [0.25, 0.3) is 5.91 Å². The van der Waals surface area contributed by atoms with Crippen LogP contribution in [0.25, 0.3) is 22.4 Å². The Kier molecular flexibility index (Phi) is 4.12. The Bertz CT molecular complexity index is 1060. The van der Waals surface area contributed by atoms with E-state index in [0.29, 0.717) is 16.6 Å². The summed E-state index contributed by atoms with van der Waals surface area (Å²) >= 11 is 2.74. The lowest BCUT2D eigenvalue weighted by Crippen LogP contribution is -2.10. The number of hydrogen-bond donors (Lipinski definition) is 1. The van der Waals surface area contributed by atoms with Crippen molar-refractivity contribution in [1.82, 2.24) is 25.3 Å². The number of carbonyl (C=O) groups excluding carboxylic acids is 1. The van der Waals surface area contributed by atoms with Gasteiger partial charge in [0.15, 0.2) is 15.9 Å². The van der Waals surface area contributed by atoms with Crippen molar-refractivity contribution in [3.8, 4) is 11.5 Å². The summed E-state index contributed by atoms with van der Waals surface area (Å²) in [5.74, 6) is -0.0157. The summed E-state index contributed by atoms with van der Waals surface area (Å²) < 4.78 is 5.87. The zero-order valence-electron chi connectivity index (χ0n) is 12.8. The number of rotatable bonds is 4. The second-order valence-electron chi connectivity index (χ2n) is 4.86. The van der Waals surface area contributed by atoms with Crippen LogP contribution >= 0.6 is 23.1 Å². The summed E-state index contributed by atoms with van der Waals surface area (Å²) in [6, 6.07) is 9.11. The number of hydrogen-bond acceptors (Lipinski definition) is 9. The fourth-order valence-electron chi connectivity index (χ4n) is 2.08. The fraction of sp³-hybridized carbons (Fsp3) is 0.0667. The van der Waals surface area contributed by atoms with Crippen molar-refractivity contribution in [2.75, 3.05) is 11.6 Å². The Morgan fingerprint density at radius 1 is 1.28 bits per heavy atom. The fourth-order valence-corrected chi connectivity index (χ4v) is 3.25. The minimum atomic E-state index is -0.455. The standard InChI is InChI=1S/C15H10N6O2S2/c1-24-15-20-19-14(25-15)18-13(22)11-6-10(21-23-11)12-16-7-8-4-2-3-5-9(8)17-12/h2-7H,1H3,(H,18,19,22). The lowest BCUT2D eigenvalue weighted by atomic mass is 10.2. The van der Waals surface area contributed by atoms with Gasteiger partial charge in [-0.3, -0.25) is 10.1 Å². The van der Waals surface area contributed by atoms with Gasteiger partial charge in [-0.25, -0.2) is 9.97 Å². The number of para-hydroxylation sites is 1. The Morgan fingerprint density at radius 3 is 3.00 bits per heavy atom. The highest BCUT2D eigenvalue weighted by atomic mass is 32.2. The Morgan fingerprint density at radius 2 is 2.16 bits per heavy atom. The molecule has 0 atom stereocenters. The van der Waals surface area contributed by atoms with Crippen LogP contribution in [-0.4, -0.2) is 37.5 Å². The normalized spacial score (nSPS) is 10.9. The van der Waals surface area contributed by atoms with Crippen LogP contribution in [0.1, 0.15) is 10.6 Å². The van der Waals surface area contributed by atoms with Crippen LogP contribution in [0.3, 0.4) is 0 Å². The third-order valence-electron chi connectivity index (χ3n) is 3.25. The molecule has 0 spiro atoms. The number of fused-ring (bicyclic) bond motifs is 1. The van der Waals surface area contributed by atoms with Gasteiger partial charge in [0.1, 0.15) is 0 Å². The summed E-state index contributed by atoms with van der Waals surface area (Å²) in [5, 5.41) is 15.6. The lowest BCUT2D eigenvalue weighted by molar-refractivity contribution is 0.0988. The topological polar surface area (TPSA) is 107 Å². The van der Waals surface area contributed by atoms with Gasteiger partial charge in [0, 0.05) is 17.6 Å². The molecule has 8 nitrogen and oxygen atoms in total. The highest BCUT2D eigenvalue weighted by molar-refractivity contribution is 8.00. The van der Waals surface area contributed by atoms with Gasteiger partial charge in [-0.1, -0.05) is 46.5 Å². The molecule has 25 heavy (non-hydrogen) atoms. The first-order valence-corrected chi connectivity index (χ1v) is 9.15. The molecule has 1 aromatic carbocycles. The van der Waals surface area contributed by atoms with Crippen molar-refractivity contribution in [2.45, 2.75) is 4.34 Å². The summed E-state index contributed by atoms with van der Waals surface area (Å²) in [4.78, 5) is 20.9. The van der Waals surface area contributed by atoms with E-state index in [0.717, 1.165) is 15.2 Å². The number of thioether (sulfide) groups is 1. The monoisotopic (exact) mass is 370 g/mol. The number of carbonyl (C=O) groups is 1. The van der Waals surface area contributed by atoms with Crippen molar-refractivity contribution in [3.05, 3.63) is 42.3 Å². The molecule has 4 rings (SSSR count). The van der Waals surface area contributed by atoms with Crippen LogP contribution < -0.4 is 5.32 Å². The van der Waals surface area contributed by atoms with Crippen LogP contribution in [0.4, 0.5) is 5.13 Å². The van der Waals surface area contributed by atoms with Crippen molar-refractivity contribution in [2.24, 2.45) is 0 Å². The Hall–Kier alpha value is -2.85. The quantitative estimate of drug-likeness (QED) is 0.431. The van der Waals surface area contributed by atoms with E-state index >= 15 is 0 Å². The van der Waals surface area contributed by atoms with E-state index in [2.05, 4.69) is 30.6 Å². The van der Waals surface area contributed by atoms with Gasteiger partial charge in [0.2, 0.25) is 10.9 Å². The average Bonchev–Trinajstić information content (AvgIpc) is 3.30. The number of nitrogens with zero attached hydrogens (tertiary/aromatic N) is 5. The maximum Gasteiger partial charge on any atom is 0.296 e. The molecule has 0 unspecified atom stereocenters. The van der Waals surface area contributed by atoms with E-state index in [4.69, 9.17) is 4.52 Å². The molecule has 124 valence electrons. The molecule has 0 bridgehead atoms. The van der Waals surface area contributed by atoms with Crippen LogP contribution in [0, 0.1) is 0 Å². The molecule has 0 aliphatic heterocycles. The van der Waals surface area contributed by atoms with Gasteiger partial charge in [-0.05, 0) is 12.3 Å². The molecule has 0 aliphatic carbocycles. The summed E-state index contributed by atoms with van der Waals surface area (Å²) in [6.45, 7) is 0. The van der Waals surface area contributed by atoms with Crippen LogP contribution in [0.15, 0.2) is 45.4 Å². The third-order valence-corrected chi connectivity index (χ3v) is 5.07. The van der Waals surface area contributed by atoms with Crippen molar-refractivity contribution < 1.29 is 9.32 Å². The van der Waals surface area contributed by atoms with Crippen molar-refractivity contribution in [3.63, 3.8) is 0 Å². The molecule has 10 heteroatoms. The highest BCUT2D eigenvalue weighted by Crippen LogP contribution is 2.24. The van der Waals surface area contributed by atoms with E-state index in [1.54, 1.807) is 6.20 Å². The van der Waals surface area contributed by atoms with Gasteiger partial charge in [0.05, 0.1) is 5.52 Å². The molecule has 1 N–H and O–H groups in total. The van der Waals surface area contributed by atoms with E-state index in [-0.39, 0.29) is 5.76 Å².